The van der Waals surface area contributed by atoms with Gasteiger partial charge in [0.2, 0.25) is 0 Å². The Bertz CT molecular complexity index is 700. The highest BCUT2D eigenvalue weighted by Crippen LogP contribution is 2.36. The van der Waals surface area contributed by atoms with Gasteiger partial charge < -0.3 is 16.0 Å². The van der Waals surface area contributed by atoms with E-state index in [1.807, 2.05) is 0 Å². The second-order valence-corrected chi connectivity index (χ2v) is 7.10. The van der Waals surface area contributed by atoms with Crippen molar-refractivity contribution < 1.29 is 13.2 Å². The normalized spacial score (nSPS) is 20.5. The van der Waals surface area contributed by atoms with E-state index < -0.39 is 11.7 Å². The zero-order chi connectivity index (χ0) is 17.3. The Hall–Kier alpha value is -1.38. The average Bonchev–Trinajstić information content (AvgIpc) is 2.97. The number of nitrogens with two attached hydrogens (primary N) is 1. The highest BCUT2D eigenvalue weighted by molar-refractivity contribution is 7.22. The summed E-state index contributed by atoms with van der Waals surface area (Å²) in [7, 11) is 0. The Morgan fingerprint density at radius 3 is 2.96 bits per heavy atom. The molecule has 24 heavy (non-hydrogen) atoms. The van der Waals surface area contributed by atoms with Crippen LogP contribution in [0.25, 0.3) is 10.2 Å². The predicted octanol–water partition coefficient (Wildman–Crippen LogP) is 3.22. The summed E-state index contributed by atoms with van der Waals surface area (Å²) in [6.07, 6.45) is -2.42. The van der Waals surface area contributed by atoms with Crippen LogP contribution in [0.5, 0.6) is 0 Å². The van der Waals surface area contributed by atoms with Crippen molar-refractivity contribution in [2.45, 2.75) is 38.0 Å². The lowest BCUT2D eigenvalue weighted by atomic mass is 10.0. The van der Waals surface area contributed by atoms with Crippen molar-refractivity contribution in [3.8, 4) is 0 Å². The molecule has 0 spiro atoms. The second kappa shape index (κ2) is 6.85. The van der Waals surface area contributed by atoms with Gasteiger partial charge in [-0.2, -0.15) is 13.2 Å². The summed E-state index contributed by atoms with van der Waals surface area (Å²) in [5.41, 5.74) is 6.28. The molecular weight excluding hydrogens is 337 g/mol. The van der Waals surface area contributed by atoms with E-state index >= 15 is 0 Å². The van der Waals surface area contributed by atoms with E-state index in [1.165, 1.54) is 23.5 Å². The molecule has 1 aliphatic heterocycles. The van der Waals surface area contributed by atoms with Gasteiger partial charge in [0.15, 0.2) is 5.13 Å². The number of thiazole rings is 1. The molecule has 4 nitrogen and oxygen atoms in total. The van der Waals surface area contributed by atoms with Gasteiger partial charge in [-0.05, 0) is 24.6 Å². The molecule has 1 unspecified atom stereocenters. The fourth-order valence-corrected chi connectivity index (χ4v) is 4.17. The summed E-state index contributed by atoms with van der Waals surface area (Å²) in [6.45, 7) is 4.44. The van der Waals surface area contributed by atoms with Crippen molar-refractivity contribution in [3.05, 3.63) is 23.8 Å². The topological polar surface area (TPSA) is 54.2 Å². The van der Waals surface area contributed by atoms with E-state index in [0.717, 1.165) is 43.7 Å². The molecule has 0 bridgehead atoms. The SMILES string of the molecule is CCCC(N)[C@@H]1CNCCN1c1nc2ccc(C(F)(F)F)cc2s1. The zero-order valence-corrected chi connectivity index (χ0v) is 14.3. The van der Waals surface area contributed by atoms with Crippen molar-refractivity contribution >= 4 is 26.7 Å². The molecule has 0 radical (unpaired) electrons. The molecule has 2 aromatic rings. The highest BCUT2D eigenvalue weighted by Gasteiger charge is 2.32. The van der Waals surface area contributed by atoms with E-state index in [4.69, 9.17) is 5.73 Å². The monoisotopic (exact) mass is 358 g/mol. The van der Waals surface area contributed by atoms with Gasteiger partial charge in [0.25, 0.3) is 0 Å². The van der Waals surface area contributed by atoms with Crippen LogP contribution in [0.4, 0.5) is 18.3 Å². The smallest absolute Gasteiger partial charge is 0.341 e. The van der Waals surface area contributed by atoms with Crippen molar-refractivity contribution in [2.75, 3.05) is 24.5 Å². The number of anilines is 1. The van der Waals surface area contributed by atoms with Crippen LogP contribution in [0.1, 0.15) is 25.3 Å². The van der Waals surface area contributed by atoms with Crippen molar-refractivity contribution in [1.29, 1.82) is 0 Å². The minimum absolute atomic E-state index is 0.0144. The quantitative estimate of drug-likeness (QED) is 0.881. The molecule has 0 aliphatic carbocycles. The van der Waals surface area contributed by atoms with Crippen LogP contribution < -0.4 is 16.0 Å². The predicted molar refractivity (Wildman–Crippen MR) is 91.5 cm³/mol. The molecule has 1 saturated heterocycles. The van der Waals surface area contributed by atoms with Gasteiger partial charge in [-0.15, -0.1) is 0 Å². The summed E-state index contributed by atoms with van der Waals surface area (Å²) in [6, 6.07) is 3.84. The molecule has 1 aliphatic rings. The molecule has 8 heteroatoms. The van der Waals surface area contributed by atoms with Gasteiger partial charge in [0.05, 0.1) is 21.8 Å². The van der Waals surface area contributed by atoms with Gasteiger partial charge in [-0.1, -0.05) is 24.7 Å². The highest BCUT2D eigenvalue weighted by atomic mass is 32.1. The summed E-state index contributed by atoms with van der Waals surface area (Å²) < 4.78 is 39.2. The summed E-state index contributed by atoms with van der Waals surface area (Å²) in [5, 5.41) is 4.10. The minimum atomic E-state index is -4.33. The number of hydrogen-bond donors (Lipinski definition) is 2. The lowest BCUT2D eigenvalue weighted by Crippen LogP contribution is -2.59. The average molecular weight is 358 g/mol. The van der Waals surface area contributed by atoms with Crippen LogP contribution in [0.2, 0.25) is 0 Å². The molecule has 3 rings (SSSR count). The van der Waals surface area contributed by atoms with Crippen LogP contribution in [-0.4, -0.2) is 36.7 Å². The third kappa shape index (κ3) is 3.50. The molecule has 0 saturated carbocycles. The van der Waals surface area contributed by atoms with E-state index in [0.29, 0.717) is 10.2 Å². The lowest BCUT2D eigenvalue weighted by Gasteiger charge is -2.39. The van der Waals surface area contributed by atoms with Gasteiger partial charge in [-0.3, -0.25) is 0 Å². The lowest BCUT2D eigenvalue weighted by molar-refractivity contribution is -0.137. The summed E-state index contributed by atoms with van der Waals surface area (Å²) >= 11 is 1.30. The Morgan fingerprint density at radius 1 is 1.46 bits per heavy atom. The molecule has 2 atom stereocenters. The molecule has 1 aromatic carbocycles. The van der Waals surface area contributed by atoms with E-state index in [2.05, 4.69) is 22.1 Å². The van der Waals surface area contributed by atoms with Crippen LogP contribution in [0, 0.1) is 0 Å². The largest absolute Gasteiger partial charge is 0.416 e. The van der Waals surface area contributed by atoms with Crippen LogP contribution in [-0.2, 0) is 6.18 Å². The molecular formula is C16H21F3N4S. The fourth-order valence-electron chi connectivity index (χ4n) is 3.08. The summed E-state index contributed by atoms with van der Waals surface area (Å²) in [5.74, 6) is 0. The molecule has 1 fully saturated rings. The van der Waals surface area contributed by atoms with Gasteiger partial charge in [0.1, 0.15) is 0 Å². The van der Waals surface area contributed by atoms with Crippen molar-refractivity contribution in [1.82, 2.24) is 10.3 Å². The number of rotatable bonds is 4. The van der Waals surface area contributed by atoms with E-state index in [-0.39, 0.29) is 12.1 Å². The Labute approximate surface area is 142 Å². The maximum Gasteiger partial charge on any atom is 0.416 e. The summed E-state index contributed by atoms with van der Waals surface area (Å²) in [4.78, 5) is 6.69. The number of fused-ring (bicyclic) bond motifs is 1. The fraction of sp³-hybridized carbons (Fsp3) is 0.562. The second-order valence-electron chi connectivity index (χ2n) is 6.09. The minimum Gasteiger partial charge on any atom is -0.341 e. The number of alkyl halides is 3. The molecule has 3 N–H and O–H groups in total. The van der Waals surface area contributed by atoms with Gasteiger partial charge in [-0.25, -0.2) is 4.98 Å². The first-order valence-corrected chi connectivity index (χ1v) is 8.92. The first-order valence-electron chi connectivity index (χ1n) is 8.11. The molecule has 0 amide bonds. The third-order valence-corrected chi connectivity index (χ3v) is 5.40. The van der Waals surface area contributed by atoms with E-state index in [1.54, 1.807) is 0 Å². The van der Waals surface area contributed by atoms with Crippen molar-refractivity contribution in [3.63, 3.8) is 0 Å². The Kier molecular flexibility index (Phi) is 4.98. The third-order valence-electron chi connectivity index (χ3n) is 4.35. The first-order chi connectivity index (χ1) is 11.4. The number of hydrogen-bond acceptors (Lipinski definition) is 5. The van der Waals surface area contributed by atoms with Crippen LogP contribution in [0.15, 0.2) is 18.2 Å². The molecule has 132 valence electrons. The van der Waals surface area contributed by atoms with Gasteiger partial charge in [0, 0.05) is 25.7 Å². The number of nitrogens with one attached hydrogen (secondary N) is 1. The number of nitrogens with zero attached hydrogens (tertiary/aromatic N) is 2. The van der Waals surface area contributed by atoms with E-state index in [9.17, 15) is 13.2 Å². The molecule has 1 aromatic heterocycles. The standard InChI is InChI=1S/C16H21F3N4S/c1-2-3-11(20)13-9-21-6-7-23(13)15-22-12-5-4-10(16(17,18)19)8-14(12)24-15/h4-5,8,11,13,21H,2-3,6-7,9,20H2,1H3/t11?,13-/m0/s1. The Balaban J connectivity index is 1.92. The number of benzene rings is 1. The van der Waals surface area contributed by atoms with Gasteiger partial charge >= 0.3 is 6.18 Å². The zero-order valence-electron chi connectivity index (χ0n) is 13.4. The number of piperazine rings is 1. The first kappa shape index (κ1) is 17.4. The van der Waals surface area contributed by atoms with Crippen molar-refractivity contribution in [2.24, 2.45) is 5.73 Å². The maximum atomic E-state index is 12.9. The Morgan fingerprint density at radius 2 is 2.25 bits per heavy atom. The van der Waals surface area contributed by atoms with Crippen LogP contribution >= 0.6 is 11.3 Å². The number of halogens is 3. The molecule has 2 heterocycles. The maximum absolute atomic E-state index is 12.9. The van der Waals surface area contributed by atoms with Crippen LogP contribution in [0.3, 0.4) is 0 Å². The number of aromatic nitrogens is 1.